The zero-order valence-corrected chi connectivity index (χ0v) is 26.1. The third-order valence-corrected chi connectivity index (χ3v) is 9.23. The van der Waals surface area contributed by atoms with Gasteiger partial charge in [0.1, 0.15) is 12.3 Å². The molecule has 1 fully saturated rings. The Morgan fingerprint density at radius 1 is 1.10 bits per heavy atom. The summed E-state index contributed by atoms with van der Waals surface area (Å²) in [6, 6.07) is 11.1. The number of anilines is 2. The lowest BCUT2D eigenvalue weighted by molar-refractivity contribution is -0.143. The van der Waals surface area contributed by atoms with Crippen LogP contribution in [0, 0.1) is 5.92 Å². The van der Waals surface area contributed by atoms with Crippen LogP contribution in [0.1, 0.15) is 45.3 Å². The number of rotatable bonds is 14. The molecule has 0 amide bonds. The van der Waals surface area contributed by atoms with Gasteiger partial charge in [0, 0.05) is 37.9 Å². The molecule has 3 rings (SSSR count). The Labute approximate surface area is 248 Å². The van der Waals surface area contributed by atoms with Gasteiger partial charge in [-0.3, -0.25) is 9.52 Å². The molecule has 1 heterocycles. The minimum atomic E-state index is -3.89. The fourth-order valence-electron chi connectivity index (χ4n) is 4.76. The highest BCUT2D eigenvalue weighted by molar-refractivity contribution is 7.92. The highest BCUT2D eigenvalue weighted by Gasteiger charge is 2.28. The van der Waals surface area contributed by atoms with Crippen molar-refractivity contribution >= 4 is 37.4 Å². The third-order valence-electron chi connectivity index (χ3n) is 6.81. The highest BCUT2D eigenvalue weighted by atomic mass is 32.2. The molecule has 12 nitrogen and oxygen atoms in total. The molecule has 0 radical (unpaired) electrons. The normalized spacial score (nSPS) is 15.6. The molecule has 0 spiro atoms. The van der Waals surface area contributed by atoms with Gasteiger partial charge in [-0.1, -0.05) is 19.9 Å². The van der Waals surface area contributed by atoms with Gasteiger partial charge in [-0.2, -0.15) is 4.31 Å². The lowest BCUT2D eigenvalue weighted by atomic mass is 10.0. The lowest BCUT2D eigenvalue weighted by Crippen LogP contribution is -2.43. The summed E-state index contributed by atoms with van der Waals surface area (Å²) in [5.74, 6) is -0.786. The van der Waals surface area contributed by atoms with Crippen LogP contribution in [0.25, 0.3) is 0 Å². The summed E-state index contributed by atoms with van der Waals surface area (Å²) in [5, 5.41) is 23.9. The minimum Gasteiger partial charge on any atom is -0.506 e. The molecule has 14 heteroatoms. The van der Waals surface area contributed by atoms with E-state index in [0.717, 1.165) is 42.2 Å². The highest BCUT2D eigenvalue weighted by Crippen LogP contribution is 2.28. The molecule has 0 saturated carbocycles. The predicted octanol–water partition coefficient (Wildman–Crippen LogP) is 2.27. The third kappa shape index (κ3) is 9.56. The monoisotopic (exact) mass is 626 g/mol. The first-order valence-electron chi connectivity index (χ1n) is 13.9. The summed E-state index contributed by atoms with van der Waals surface area (Å²) in [7, 11) is -7.47. The smallest absolute Gasteiger partial charge is 0.321 e. The standard InChI is InChI=1S/C28H42N4O8S2/c1-5-40-28(35)19-32(18-20(2)3)42(38,39)24-9-7-23(8-10-24)31-14-12-22(13-15-31)29-17-27(34)21-6-11-26(33)25(16-21)30-41(4,36)37/h6-11,16,20,22,27,29-30,33-34H,5,12-15,17-19H2,1-4H3/t27-/m1/s1. The van der Waals surface area contributed by atoms with Crippen molar-refractivity contribution in [2.75, 3.05) is 55.2 Å². The van der Waals surface area contributed by atoms with Crippen molar-refractivity contribution in [3.8, 4) is 5.75 Å². The van der Waals surface area contributed by atoms with E-state index in [1.807, 2.05) is 13.8 Å². The van der Waals surface area contributed by atoms with E-state index in [0.29, 0.717) is 5.56 Å². The van der Waals surface area contributed by atoms with Crippen molar-refractivity contribution < 1.29 is 36.6 Å². The van der Waals surface area contributed by atoms with E-state index in [-0.39, 0.29) is 54.5 Å². The molecule has 1 atom stereocenters. The number of ether oxygens (including phenoxy) is 1. The molecule has 4 N–H and O–H groups in total. The molecule has 1 aliphatic heterocycles. The molecule has 42 heavy (non-hydrogen) atoms. The number of phenols is 1. The Hall–Kier alpha value is -2.91. The summed E-state index contributed by atoms with van der Waals surface area (Å²) >= 11 is 0. The Morgan fingerprint density at radius 3 is 2.31 bits per heavy atom. The van der Waals surface area contributed by atoms with E-state index in [4.69, 9.17) is 4.74 Å². The van der Waals surface area contributed by atoms with Crippen LogP contribution < -0.4 is 14.9 Å². The first-order valence-corrected chi connectivity index (χ1v) is 17.3. The van der Waals surface area contributed by atoms with Crippen molar-refractivity contribution in [2.45, 2.75) is 50.7 Å². The number of aromatic hydroxyl groups is 1. The van der Waals surface area contributed by atoms with Gasteiger partial charge in [0.25, 0.3) is 0 Å². The molecule has 0 aliphatic carbocycles. The number of piperidine rings is 1. The second-order valence-electron chi connectivity index (χ2n) is 10.8. The molecule has 0 bridgehead atoms. The van der Waals surface area contributed by atoms with Crippen LogP contribution >= 0.6 is 0 Å². The first kappa shape index (κ1) is 33.6. The van der Waals surface area contributed by atoms with Gasteiger partial charge in [0.05, 0.1) is 29.5 Å². The van der Waals surface area contributed by atoms with Crippen LogP contribution in [0.4, 0.5) is 11.4 Å². The zero-order chi connectivity index (χ0) is 31.1. The number of hydrogen-bond donors (Lipinski definition) is 4. The van der Waals surface area contributed by atoms with Gasteiger partial charge in [0.15, 0.2) is 0 Å². The van der Waals surface area contributed by atoms with E-state index < -0.39 is 32.1 Å². The number of esters is 1. The Kier molecular flexibility index (Phi) is 11.6. The topological polar surface area (TPSA) is 166 Å². The number of carbonyl (C=O) groups excluding carboxylic acids is 1. The molecule has 0 aromatic heterocycles. The Balaban J connectivity index is 1.56. The van der Waals surface area contributed by atoms with Crippen molar-refractivity contribution in [1.29, 1.82) is 0 Å². The molecule has 0 unspecified atom stereocenters. The second kappa shape index (κ2) is 14.5. The minimum absolute atomic E-state index is 0.00723. The van der Waals surface area contributed by atoms with Crippen LogP contribution in [-0.4, -0.2) is 89.0 Å². The number of hydrogen-bond acceptors (Lipinski definition) is 10. The maximum absolute atomic E-state index is 13.3. The fraction of sp³-hybridized carbons (Fsp3) is 0.536. The van der Waals surface area contributed by atoms with Crippen molar-refractivity contribution in [2.24, 2.45) is 5.92 Å². The van der Waals surface area contributed by atoms with Crippen LogP contribution in [0.5, 0.6) is 5.75 Å². The molecule has 2 aromatic carbocycles. The van der Waals surface area contributed by atoms with E-state index in [2.05, 4.69) is 14.9 Å². The van der Waals surface area contributed by atoms with Gasteiger partial charge >= 0.3 is 5.97 Å². The van der Waals surface area contributed by atoms with Crippen LogP contribution in [0.2, 0.25) is 0 Å². The molecule has 234 valence electrons. The average Bonchev–Trinajstić information content (AvgIpc) is 2.92. The quantitative estimate of drug-likeness (QED) is 0.181. The molecule has 1 saturated heterocycles. The van der Waals surface area contributed by atoms with Crippen molar-refractivity contribution in [3.63, 3.8) is 0 Å². The maximum Gasteiger partial charge on any atom is 0.321 e. The lowest BCUT2D eigenvalue weighted by Gasteiger charge is -2.34. The summed E-state index contributed by atoms with van der Waals surface area (Å²) < 4.78 is 58.0. The number of phenolic OH excluding ortho intramolecular Hbond substituents is 1. The van der Waals surface area contributed by atoms with E-state index >= 15 is 0 Å². The Bertz CT molecular complexity index is 1410. The number of sulfonamides is 2. The maximum atomic E-state index is 13.3. The number of benzene rings is 2. The average molecular weight is 627 g/mol. The SMILES string of the molecule is CCOC(=O)CN(CC(C)C)S(=O)(=O)c1ccc(N2CCC(NC[C@@H](O)c3ccc(O)c(NS(C)(=O)=O)c3)CC2)cc1. The first-order chi connectivity index (χ1) is 19.7. The van der Waals surface area contributed by atoms with Crippen molar-refractivity contribution in [3.05, 3.63) is 48.0 Å². The van der Waals surface area contributed by atoms with E-state index in [1.165, 1.54) is 12.1 Å². The number of aliphatic hydroxyl groups is 1. The van der Waals surface area contributed by atoms with Crippen LogP contribution in [0.15, 0.2) is 47.4 Å². The van der Waals surface area contributed by atoms with Gasteiger partial charge in [0.2, 0.25) is 20.0 Å². The summed E-state index contributed by atoms with van der Waals surface area (Å²) in [4.78, 5) is 14.3. The number of carbonyl (C=O) groups is 1. The van der Waals surface area contributed by atoms with Crippen LogP contribution in [-0.2, 0) is 29.6 Å². The van der Waals surface area contributed by atoms with Gasteiger partial charge in [-0.15, -0.1) is 0 Å². The molecule has 1 aliphatic rings. The number of nitrogens with one attached hydrogen (secondary N) is 2. The molecule has 2 aromatic rings. The van der Waals surface area contributed by atoms with Gasteiger partial charge < -0.3 is 25.2 Å². The van der Waals surface area contributed by atoms with Crippen LogP contribution in [0.3, 0.4) is 0 Å². The summed E-state index contributed by atoms with van der Waals surface area (Å²) in [5.41, 5.74) is 1.36. The summed E-state index contributed by atoms with van der Waals surface area (Å²) in [6.07, 6.45) is 1.67. The number of aliphatic hydroxyl groups excluding tert-OH is 1. The second-order valence-corrected chi connectivity index (χ2v) is 14.5. The predicted molar refractivity (Wildman–Crippen MR) is 161 cm³/mol. The van der Waals surface area contributed by atoms with Gasteiger partial charge in [-0.25, -0.2) is 16.8 Å². The largest absolute Gasteiger partial charge is 0.506 e. The fourth-order valence-corrected chi connectivity index (χ4v) is 6.87. The van der Waals surface area contributed by atoms with Crippen molar-refractivity contribution in [1.82, 2.24) is 9.62 Å². The molecular weight excluding hydrogens is 584 g/mol. The van der Waals surface area contributed by atoms with E-state index in [9.17, 15) is 31.8 Å². The van der Waals surface area contributed by atoms with E-state index in [1.54, 1.807) is 37.3 Å². The number of nitrogens with zero attached hydrogens (tertiary/aromatic N) is 2. The van der Waals surface area contributed by atoms with Gasteiger partial charge in [-0.05, 0) is 67.6 Å². The Morgan fingerprint density at radius 2 is 1.74 bits per heavy atom. The summed E-state index contributed by atoms with van der Waals surface area (Å²) in [6.45, 7) is 7.20. The zero-order valence-electron chi connectivity index (χ0n) is 24.5. The molecular formula is C28H42N4O8S2.